The van der Waals surface area contributed by atoms with Crippen LogP contribution < -0.4 is 0 Å². The van der Waals surface area contributed by atoms with E-state index in [1.54, 1.807) is 6.21 Å². The van der Waals surface area contributed by atoms with Crippen LogP contribution in [-0.4, -0.2) is 15.2 Å². The van der Waals surface area contributed by atoms with E-state index in [1.165, 1.54) is 5.56 Å². The Morgan fingerprint density at radius 1 is 1.20 bits per heavy atom. The molecular weight excluding hydrogens is 206 g/mol. The minimum absolute atomic E-state index is 0.290. The van der Waals surface area contributed by atoms with Crippen molar-refractivity contribution in [2.75, 3.05) is 0 Å². The van der Waals surface area contributed by atoms with Crippen molar-refractivity contribution in [2.24, 2.45) is 4.40 Å². The Labute approximate surface area is 94.0 Å². The summed E-state index contributed by atoms with van der Waals surface area (Å²) in [5, 5.41) is 0. The second-order valence-corrected chi connectivity index (χ2v) is 6.44. The third-order valence-corrected chi connectivity index (χ3v) is 3.24. The van der Waals surface area contributed by atoms with Gasteiger partial charge in [0.15, 0.2) is 0 Å². The molecule has 0 bridgehead atoms. The van der Waals surface area contributed by atoms with Crippen LogP contribution in [0.2, 0.25) is 0 Å². The van der Waals surface area contributed by atoms with Gasteiger partial charge in [0.25, 0.3) is 0 Å². The van der Waals surface area contributed by atoms with Crippen molar-refractivity contribution in [3.05, 3.63) is 35.4 Å². The summed E-state index contributed by atoms with van der Waals surface area (Å²) < 4.78 is 15.4. The fraction of sp³-hybridized carbons (Fsp3) is 0.417. The molecule has 0 aliphatic rings. The van der Waals surface area contributed by atoms with Gasteiger partial charge in [-0.05, 0) is 33.3 Å². The third-order valence-electron chi connectivity index (χ3n) is 1.90. The van der Waals surface area contributed by atoms with E-state index in [9.17, 15) is 4.21 Å². The van der Waals surface area contributed by atoms with Gasteiger partial charge in [-0.1, -0.05) is 29.8 Å². The first-order chi connectivity index (χ1) is 6.89. The molecular formula is C12H17NOS. The van der Waals surface area contributed by atoms with E-state index in [1.807, 2.05) is 52.0 Å². The molecule has 0 unspecified atom stereocenters. The number of rotatable bonds is 2. The average Bonchev–Trinajstić information content (AvgIpc) is 2.15. The largest absolute Gasteiger partial charge is 0.234 e. The summed E-state index contributed by atoms with van der Waals surface area (Å²) >= 11 is 0. The standard InChI is InChI=1S/C12H17NOS/c1-10-5-7-11(8-6-10)9-13-15(14)12(2,3)4/h5-9H,1-4H3/b13-9+/t15-/m1/s1. The summed E-state index contributed by atoms with van der Waals surface area (Å²) in [7, 11) is -1.17. The molecule has 0 radical (unpaired) electrons. The predicted octanol–water partition coefficient (Wildman–Crippen LogP) is 2.88. The maximum Gasteiger partial charge on any atom is 0.144 e. The lowest BCUT2D eigenvalue weighted by Gasteiger charge is -2.12. The summed E-state index contributed by atoms with van der Waals surface area (Å²) in [6.45, 7) is 7.77. The van der Waals surface area contributed by atoms with Crippen LogP contribution in [0.3, 0.4) is 0 Å². The molecule has 0 fully saturated rings. The Hall–Kier alpha value is -0.960. The van der Waals surface area contributed by atoms with Gasteiger partial charge in [-0.3, -0.25) is 0 Å². The second kappa shape index (κ2) is 4.71. The second-order valence-electron chi connectivity index (χ2n) is 4.51. The van der Waals surface area contributed by atoms with E-state index < -0.39 is 11.0 Å². The fourth-order valence-electron chi connectivity index (χ4n) is 0.919. The van der Waals surface area contributed by atoms with Crippen molar-refractivity contribution in [3.8, 4) is 0 Å². The molecule has 0 aliphatic heterocycles. The zero-order chi connectivity index (χ0) is 11.5. The van der Waals surface area contributed by atoms with Crippen LogP contribution in [0.5, 0.6) is 0 Å². The molecule has 0 heterocycles. The Balaban J connectivity index is 2.74. The number of hydrogen-bond donors (Lipinski definition) is 0. The Kier molecular flexibility index (Phi) is 3.80. The molecule has 1 aromatic carbocycles. The predicted molar refractivity (Wildman–Crippen MR) is 66.7 cm³/mol. The van der Waals surface area contributed by atoms with Crippen molar-refractivity contribution in [3.63, 3.8) is 0 Å². The average molecular weight is 223 g/mol. The summed E-state index contributed by atoms with van der Waals surface area (Å²) in [5.41, 5.74) is 2.20. The maximum absolute atomic E-state index is 11.6. The van der Waals surface area contributed by atoms with Gasteiger partial charge >= 0.3 is 0 Å². The van der Waals surface area contributed by atoms with E-state index in [-0.39, 0.29) is 4.75 Å². The quantitative estimate of drug-likeness (QED) is 0.709. The van der Waals surface area contributed by atoms with Crippen LogP contribution in [0.25, 0.3) is 0 Å². The summed E-state index contributed by atoms with van der Waals surface area (Å²) in [5.74, 6) is 0. The van der Waals surface area contributed by atoms with Crippen molar-refractivity contribution >= 4 is 17.2 Å². The molecule has 0 aliphatic carbocycles. The molecule has 82 valence electrons. The number of hydrogen-bond acceptors (Lipinski definition) is 1. The lowest BCUT2D eigenvalue weighted by atomic mass is 10.2. The van der Waals surface area contributed by atoms with Crippen molar-refractivity contribution in [1.29, 1.82) is 0 Å². The van der Waals surface area contributed by atoms with Gasteiger partial charge in [0.1, 0.15) is 11.0 Å². The highest BCUT2D eigenvalue weighted by Crippen LogP contribution is 2.12. The van der Waals surface area contributed by atoms with Crippen LogP contribution in [-0.2, 0) is 11.0 Å². The molecule has 1 atom stereocenters. The smallest absolute Gasteiger partial charge is 0.144 e. The highest BCUT2D eigenvalue weighted by atomic mass is 32.2. The molecule has 2 nitrogen and oxygen atoms in total. The highest BCUT2D eigenvalue weighted by molar-refractivity contribution is 7.85. The minimum Gasteiger partial charge on any atom is -0.234 e. The van der Waals surface area contributed by atoms with Crippen LogP contribution in [0, 0.1) is 6.92 Å². The van der Waals surface area contributed by atoms with Gasteiger partial charge in [-0.15, -0.1) is 0 Å². The first-order valence-corrected chi connectivity index (χ1v) is 6.03. The van der Waals surface area contributed by atoms with E-state index in [0.29, 0.717) is 0 Å². The fourth-order valence-corrected chi connectivity index (χ4v) is 1.45. The van der Waals surface area contributed by atoms with Gasteiger partial charge < -0.3 is 0 Å². The molecule has 15 heavy (non-hydrogen) atoms. The molecule has 0 aromatic heterocycles. The third kappa shape index (κ3) is 3.96. The Morgan fingerprint density at radius 2 is 1.73 bits per heavy atom. The van der Waals surface area contributed by atoms with Gasteiger partial charge in [-0.2, -0.15) is 4.40 Å². The number of aryl methyl sites for hydroxylation is 1. The van der Waals surface area contributed by atoms with Gasteiger partial charge in [0.2, 0.25) is 0 Å². The number of nitrogens with zero attached hydrogens (tertiary/aromatic N) is 1. The molecule has 1 rings (SSSR count). The lowest BCUT2D eigenvalue weighted by molar-refractivity contribution is 0.651. The lowest BCUT2D eigenvalue weighted by Crippen LogP contribution is -2.19. The van der Waals surface area contributed by atoms with E-state index in [4.69, 9.17) is 0 Å². The Bertz CT molecular complexity index is 374. The van der Waals surface area contributed by atoms with Crippen LogP contribution in [0.15, 0.2) is 28.7 Å². The van der Waals surface area contributed by atoms with Gasteiger partial charge in [-0.25, -0.2) is 4.21 Å². The monoisotopic (exact) mass is 223 g/mol. The summed E-state index contributed by atoms with van der Waals surface area (Å²) in [6.07, 6.45) is 1.67. The molecule has 0 saturated heterocycles. The zero-order valence-electron chi connectivity index (χ0n) is 9.65. The molecule has 0 amide bonds. The topological polar surface area (TPSA) is 29.4 Å². The van der Waals surface area contributed by atoms with Gasteiger partial charge in [0.05, 0.1) is 4.75 Å². The maximum atomic E-state index is 11.6. The molecule has 0 N–H and O–H groups in total. The first-order valence-electron chi connectivity index (χ1n) is 4.92. The van der Waals surface area contributed by atoms with Crippen molar-refractivity contribution in [2.45, 2.75) is 32.4 Å². The SMILES string of the molecule is Cc1ccc(/C=N/[S@](=O)C(C)(C)C)cc1. The summed E-state index contributed by atoms with van der Waals surface area (Å²) in [6, 6.07) is 7.97. The van der Waals surface area contributed by atoms with Crippen molar-refractivity contribution < 1.29 is 4.21 Å². The van der Waals surface area contributed by atoms with Crippen molar-refractivity contribution in [1.82, 2.24) is 0 Å². The minimum atomic E-state index is -1.17. The van der Waals surface area contributed by atoms with Gasteiger partial charge in [0, 0.05) is 6.21 Å². The van der Waals surface area contributed by atoms with E-state index in [0.717, 1.165) is 5.56 Å². The normalized spacial score (nSPS) is 14.4. The van der Waals surface area contributed by atoms with E-state index >= 15 is 0 Å². The molecule has 1 aromatic rings. The summed E-state index contributed by atoms with van der Waals surface area (Å²) in [4.78, 5) is 0. The van der Waals surface area contributed by atoms with Crippen LogP contribution >= 0.6 is 0 Å². The first kappa shape index (κ1) is 12.1. The number of benzene rings is 1. The zero-order valence-corrected chi connectivity index (χ0v) is 10.5. The van der Waals surface area contributed by atoms with Crippen LogP contribution in [0.1, 0.15) is 31.9 Å². The molecule has 0 saturated carbocycles. The Morgan fingerprint density at radius 3 is 2.20 bits per heavy atom. The highest BCUT2D eigenvalue weighted by Gasteiger charge is 2.17. The van der Waals surface area contributed by atoms with E-state index in [2.05, 4.69) is 4.40 Å². The van der Waals surface area contributed by atoms with Crippen LogP contribution in [0.4, 0.5) is 0 Å². The molecule has 0 spiro atoms. The molecule has 3 heteroatoms.